The first-order chi connectivity index (χ1) is 25.6. The Morgan fingerprint density at radius 3 is 1.68 bits per heavy atom. The smallest absolute Gasteiger partial charge is 0.292 e. The minimum atomic E-state index is -0.380. The third kappa shape index (κ3) is 16.1. The SMILES string of the molecule is CCCCCNc1ccccc1N.CCCCCNc1ccccc1[N+](=O)[O-].CCCCCn1c(N)nc2ccccc21.Cc1ccccc1[N+](=O)[O-]. The lowest BCUT2D eigenvalue weighted by molar-refractivity contribution is -0.385. The molecule has 5 aromatic rings. The van der Waals surface area contributed by atoms with Crippen LogP contribution in [0.2, 0.25) is 0 Å². The molecule has 0 fully saturated rings. The first kappa shape index (κ1) is 43.5. The molecule has 0 aliphatic heterocycles. The van der Waals surface area contributed by atoms with Gasteiger partial charge in [-0.25, -0.2) is 4.98 Å². The standard InChI is InChI=1S/C12H17N3.C11H16N2O2.C11H18N2.C7H7NO2/c1-2-3-6-9-15-11-8-5-4-7-10(11)14-12(15)13;1-2-3-6-9-12-10-7-4-5-8-11(10)13(14)15;1-2-3-6-9-13-11-8-5-4-7-10(11)12;1-6-4-2-3-5-7(6)8(9)10/h4-5,7-8H,2-3,6,9H2,1H3,(H2,13,14);4-5,7-8,12H,2-3,6,9H2,1H3;4-5,7-8,13H,2-3,6,9,12H2,1H3;2-5H,1H3. The summed E-state index contributed by atoms with van der Waals surface area (Å²) in [6.07, 6.45) is 10.7. The molecule has 0 saturated heterocycles. The Morgan fingerprint density at radius 2 is 1.11 bits per heavy atom. The van der Waals surface area contributed by atoms with Gasteiger partial charge in [0.05, 0.1) is 32.3 Å². The van der Waals surface area contributed by atoms with Crippen LogP contribution in [0.4, 0.5) is 34.4 Å². The maximum atomic E-state index is 10.7. The molecule has 0 spiro atoms. The van der Waals surface area contributed by atoms with Crippen molar-refractivity contribution in [2.75, 3.05) is 35.2 Å². The molecule has 1 aromatic heterocycles. The first-order valence-electron chi connectivity index (χ1n) is 18.6. The Morgan fingerprint density at radius 1 is 0.623 bits per heavy atom. The number of nitro groups is 2. The Balaban J connectivity index is 0.000000247. The van der Waals surface area contributed by atoms with E-state index in [1.165, 1.54) is 50.7 Å². The quantitative estimate of drug-likeness (QED) is 0.0333. The molecule has 6 N–H and O–H groups in total. The molecule has 0 aliphatic carbocycles. The fourth-order valence-electron chi connectivity index (χ4n) is 5.25. The molecule has 0 atom stereocenters. The van der Waals surface area contributed by atoms with Gasteiger partial charge >= 0.3 is 0 Å². The molecule has 5 rings (SSSR count). The number of fused-ring (bicyclic) bond motifs is 1. The van der Waals surface area contributed by atoms with Crippen molar-refractivity contribution in [2.45, 2.75) is 92.0 Å². The van der Waals surface area contributed by atoms with Crippen LogP contribution >= 0.6 is 0 Å². The molecule has 4 aromatic carbocycles. The minimum absolute atomic E-state index is 0.147. The van der Waals surface area contributed by atoms with Crippen molar-refractivity contribution >= 4 is 45.4 Å². The normalized spacial score (nSPS) is 10.1. The molecule has 0 amide bonds. The zero-order valence-corrected chi connectivity index (χ0v) is 31.8. The van der Waals surface area contributed by atoms with E-state index in [4.69, 9.17) is 11.5 Å². The number of nitrogen functional groups attached to an aromatic ring is 2. The van der Waals surface area contributed by atoms with Crippen molar-refractivity contribution in [1.29, 1.82) is 0 Å². The number of hydrogen-bond donors (Lipinski definition) is 4. The maximum Gasteiger partial charge on any atom is 0.292 e. The maximum absolute atomic E-state index is 10.7. The summed E-state index contributed by atoms with van der Waals surface area (Å²) in [4.78, 5) is 24.5. The fraction of sp³-hybridized carbons (Fsp3) is 0.390. The highest BCUT2D eigenvalue weighted by Crippen LogP contribution is 2.23. The van der Waals surface area contributed by atoms with Crippen LogP contribution in [0.3, 0.4) is 0 Å². The summed E-state index contributed by atoms with van der Waals surface area (Å²) in [5.74, 6) is 0.632. The fourth-order valence-corrected chi connectivity index (χ4v) is 5.25. The molecule has 12 nitrogen and oxygen atoms in total. The predicted octanol–water partition coefficient (Wildman–Crippen LogP) is 10.8. The first-order valence-corrected chi connectivity index (χ1v) is 18.6. The summed E-state index contributed by atoms with van der Waals surface area (Å²) in [7, 11) is 0. The van der Waals surface area contributed by atoms with Crippen LogP contribution in [0.25, 0.3) is 11.0 Å². The molecular weight excluding hydrogens is 669 g/mol. The van der Waals surface area contributed by atoms with E-state index in [1.807, 2.05) is 42.5 Å². The van der Waals surface area contributed by atoms with E-state index in [9.17, 15) is 20.2 Å². The van der Waals surface area contributed by atoms with Crippen LogP contribution in [-0.2, 0) is 6.54 Å². The van der Waals surface area contributed by atoms with Crippen LogP contribution in [0.1, 0.15) is 84.1 Å². The van der Waals surface area contributed by atoms with Gasteiger partial charge in [0.1, 0.15) is 5.69 Å². The molecule has 0 aliphatic rings. The number of unbranched alkanes of at least 4 members (excludes halogenated alkanes) is 6. The van der Waals surface area contributed by atoms with Crippen LogP contribution in [0, 0.1) is 27.2 Å². The lowest BCUT2D eigenvalue weighted by Gasteiger charge is -2.07. The van der Waals surface area contributed by atoms with Gasteiger partial charge in [-0.15, -0.1) is 0 Å². The third-order valence-electron chi connectivity index (χ3n) is 8.23. The van der Waals surface area contributed by atoms with E-state index in [-0.39, 0.29) is 21.2 Å². The van der Waals surface area contributed by atoms with Gasteiger partial charge in [-0.05, 0) is 56.5 Å². The van der Waals surface area contributed by atoms with Gasteiger partial charge in [0.2, 0.25) is 5.95 Å². The Labute approximate surface area is 314 Å². The van der Waals surface area contributed by atoms with Gasteiger partial charge in [0.15, 0.2) is 0 Å². The molecule has 286 valence electrons. The van der Waals surface area contributed by atoms with E-state index >= 15 is 0 Å². The molecule has 0 radical (unpaired) electrons. The van der Waals surface area contributed by atoms with Gasteiger partial charge in [-0.2, -0.15) is 0 Å². The highest BCUT2D eigenvalue weighted by molar-refractivity contribution is 5.78. The number of hydrogen-bond acceptors (Lipinski definition) is 9. The second-order valence-electron chi connectivity index (χ2n) is 12.5. The van der Waals surface area contributed by atoms with Crippen LogP contribution in [-0.4, -0.2) is 32.5 Å². The second kappa shape index (κ2) is 25.3. The summed E-state index contributed by atoms with van der Waals surface area (Å²) in [5.41, 5.74) is 17.3. The van der Waals surface area contributed by atoms with Crippen LogP contribution in [0.15, 0.2) is 97.1 Å². The van der Waals surface area contributed by atoms with Crippen molar-refractivity contribution < 1.29 is 9.85 Å². The van der Waals surface area contributed by atoms with Gasteiger partial charge in [-0.3, -0.25) is 20.2 Å². The number of nitrogens with zero attached hydrogens (tertiary/aromatic N) is 4. The number of nitrogens with one attached hydrogen (secondary N) is 2. The van der Waals surface area contributed by atoms with Gasteiger partial charge in [0, 0.05) is 37.3 Å². The predicted molar refractivity (Wildman–Crippen MR) is 221 cm³/mol. The van der Waals surface area contributed by atoms with Gasteiger partial charge in [-0.1, -0.05) is 114 Å². The van der Waals surface area contributed by atoms with E-state index in [0.717, 1.165) is 61.3 Å². The Hall–Kier alpha value is -5.65. The zero-order valence-electron chi connectivity index (χ0n) is 31.8. The van der Waals surface area contributed by atoms with Crippen molar-refractivity contribution in [3.63, 3.8) is 0 Å². The summed E-state index contributed by atoms with van der Waals surface area (Å²) in [5, 5.41) is 27.3. The summed E-state index contributed by atoms with van der Waals surface area (Å²) < 4.78 is 2.10. The Kier molecular flexibility index (Phi) is 20.8. The van der Waals surface area contributed by atoms with Crippen LogP contribution < -0.4 is 22.1 Å². The minimum Gasteiger partial charge on any atom is -0.397 e. The second-order valence-corrected chi connectivity index (χ2v) is 12.5. The van der Waals surface area contributed by atoms with Crippen LogP contribution in [0.5, 0.6) is 0 Å². The van der Waals surface area contributed by atoms with Crippen molar-refractivity contribution in [3.8, 4) is 0 Å². The van der Waals surface area contributed by atoms with Crippen molar-refractivity contribution in [3.05, 3.63) is 123 Å². The number of aryl methyl sites for hydroxylation is 2. The molecule has 0 unspecified atom stereocenters. The van der Waals surface area contributed by atoms with E-state index in [1.54, 1.807) is 43.3 Å². The lowest BCUT2D eigenvalue weighted by Crippen LogP contribution is -2.03. The average Bonchev–Trinajstić information content (AvgIpc) is 3.48. The molecular formula is C41H58N8O4. The number of anilines is 4. The number of aromatic nitrogens is 2. The van der Waals surface area contributed by atoms with E-state index < -0.39 is 0 Å². The Bertz CT molecular complexity index is 1790. The number of imidazole rings is 1. The molecule has 0 saturated carbocycles. The largest absolute Gasteiger partial charge is 0.397 e. The summed E-state index contributed by atoms with van der Waals surface area (Å²) in [6, 6.07) is 29.4. The van der Waals surface area contributed by atoms with E-state index in [0.29, 0.717) is 17.2 Å². The number of para-hydroxylation sites is 7. The van der Waals surface area contributed by atoms with E-state index in [2.05, 4.69) is 47.0 Å². The molecule has 0 bridgehead atoms. The number of rotatable bonds is 16. The average molecular weight is 727 g/mol. The summed E-state index contributed by atoms with van der Waals surface area (Å²) in [6.45, 7) is 11.0. The zero-order chi connectivity index (χ0) is 38.8. The van der Waals surface area contributed by atoms with Crippen molar-refractivity contribution in [2.24, 2.45) is 0 Å². The monoisotopic (exact) mass is 726 g/mol. The van der Waals surface area contributed by atoms with Gasteiger partial charge in [0.25, 0.3) is 11.4 Å². The number of nitro benzene ring substituents is 2. The highest BCUT2D eigenvalue weighted by Gasteiger charge is 2.11. The topological polar surface area (TPSA) is 180 Å². The molecule has 12 heteroatoms. The van der Waals surface area contributed by atoms with Crippen molar-refractivity contribution in [1.82, 2.24) is 9.55 Å². The molecule has 53 heavy (non-hydrogen) atoms. The number of benzene rings is 4. The van der Waals surface area contributed by atoms with Gasteiger partial charge < -0.3 is 26.7 Å². The summed E-state index contributed by atoms with van der Waals surface area (Å²) >= 11 is 0. The molecule has 1 heterocycles. The third-order valence-corrected chi connectivity index (χ3v) is 8.23. The lowest BCUT2D eigenvalue weighted by atomic mass is 10.2. The highest BCUT2D eigenvalue weighted by atomic mass is 16.6. The number of nitrogens with two attached hydrogens (primary N) is 2.